The van der Waals surface area contributed by atoms with Gasteiger partial charge in [0.25, 0.3) is 0 Å². The van der Waals surface area contributed by atoms with Gasteiger partial charge in [-0.05, 0) is 135 Å². The molecular formula is C65H104O5. The number of ether oxygens (including phenoxy) is 3. The molecule has 0 saturated heterocycles. The molecule has 5 nitrogen and oxygen atoms in total. The van der Waals surface area contributed by atoms with Crippen molar-refractivity contribution in [2.24, 2.45) is 0 Å². The van der Waals surface area contributed by atoms with Crippen LogP contribution in [0.25, 0.3) is 0 Å². The van der Waals surface area contributed by atoms with Crippen LogP contribution in [-0.4, -0.2) is 37.9 Å². The van der Waals surface area contributed by atoms with Crippen LogP contribution in [0.15, 0.2) is 146 Å². The van der Waals surface area contributed by atoms with E-state index in [-0.39, 0.29) is 25.2 Å². The molecule has 0 aliphatic heterocycles. The molecule has 0 saturated carbocycles. The molecule has 5 heteroatoms. The summed E-state index contributed by atoms with van der Waals surface area (Å²) in [6.07, 6.45) is 85.8. The molecule has 0 fully saturated rings. The molecule has 0 bridgehead atoms. The second kappa shape index (κ2) is 59.1. The lowest BCUT2D eigenvalue weighted by Crippen LogP contribution is -2.30. The standard InChI is InChI=1S/C65H104O5/c1-4-7-10-13-16-19-22-25-28-31-32-33-36-39-42-45-48-51-54-57-60-68-61-63(70-65(67)59-56-53-50-47-44-41-38-35-30-27-24-21-18-15-12-9-6-3)62-69-64(66)58-55-52-49-46-43-40-37-34-29-26-23-20-17-14-11-8-5-2/h7-12,16-21,25-30,32-33,37,39-40,42,63H,4-6,13-15,22-24,31,34-36,38,41,43-62H2,1-3H3/b10-7-,11-8-,12-9-,19-16-,20-17-,21-18-,28-25-,29-26-,30-27-,33-32-,40-37-,42-39-. The van der Waals surface area contributed by atoms with E-state index in [1.54, 1.807) is 0 Å². The van der Waals surface area contributed by atoms with E-state index in [1.807, 2.05) is 0 Å². The molecule has 0 aromatic carbocycles. The molecule has 0 amide bonds. The van der Waals surface area contributed by atoms with Crippen LogP contribution in [-0.2, 0) is 23.8 Å². The molecule has 0 aliphatic carbocycles. The summed E-state index contributed by atoms with van der Waals surface area (Å²) in [7, 11) is 0. The minimum atomic E-state index is -0.578. The van der Waals surface area contributed by atoms with Crippen molar-refractivity contribution in [3.05, 3.63) is 146 Å². The Hall–Kier alpha value is -4.22. The first-order chi connectivity index (χ1) is 34.6. The molecule has 0 aromatic rings. The van der Waals surface area contributed by atoms with Gasteiger partial charge >= 0.3 is 11.9 Å². The lowest BCUT2D eigenvalue weighted by Gasteiger charge is -2.18. The number of allylic oxidation sites excluding steroid dienone is 24. The van der Waals surface area contributed by atoms with Gasteiger partial charge in [-0.15, -0.1) is 0 Å². The second-order valence-electron chi connectivity index (χ2n) is 18.0. The summed E-state index contributed by atoms with van der Waals surface area (Å²) in [6, 6.07) is 0. The van der Waals surface area contributed by atoms with Crippen LogP contribution in [0.5, 0.6) is 0 Å². The molecule has 0 N–H and O–H groups in total. The van der Waals surface area contributed by atoms with Crippen LogP contribution in [0.4, 0.5) is 0 Å². The number of unbranched alkanes of at least 4 members (excludes halogenated alkanes) is 15. The van der Waals surface area contributed by atoms with E-state index >= 15 is 0 Å². The Balaban J connectivity index is 4.43. The molecule has 0 rings (SSSR count). The van der Waals surface area contributed by atoms with E-state index in [9.17, 15) is 9.59 Å². The molecule has 394 valence electrons. The van der Waals surface area contributed by atoms with Crippen molar-refractivity contribution in [3.8, 4) is 0 Å². The lowest BCUT2D eigenvalue weighted by molar-refractivity contribution is -0.163. The third kappa shape index (κ3) is 56.4. The normalized spacial score (nSPS) is 13.4. The van der Waals surface area contributed by atoms with Crippen molar-refractivity contribution in [1.82, 2.24) is 0 Å². The van der Waals surface area contributed by atoms with Gasteiger partial charge in [0.05, 0.1) is 6.61 Å². The number of carbonyl (C=O) groups excluding carboxylic acids is 2. The topological polar surface area (TPSA) is 61.8 Å². The Labute approximate surface area is 431 Å². The Morgan fingerprint density at radius 3 is 0.957 bits per heavy atom. The number of carbonyl (C=O) groups is 2. The monoisotopic (exact) mass is 965 g/mol. The van der Waals surface area contributed by atoms with E-state index in [0.29, 0.717) is 19.4 Å². The van der Waals surface area contributed by atoms with Crippen LogP contribution in [0, 0.1) is 0 Å². The number of esters is 2. The molecule has 0 radical (unpaired) electrons. The summed E-state index contributed by atoms with van der Waals surface area (Å²) < 4.78 is 17.4. The van der Waals surface area contributed by atoms with Crippen molar-refractivity contribution in [2.45, 2.75) is 232 Å². The summed E-state index contributed by atoms with van der Waals surface area (Å²) in [5, 5.41) is 0. The van der Waals surface area contributed by atoms with E-state index in [2.05, 4.69) is 167 Å². The molecular weight excluding hydrogens is 861 g/mol. The van der Waals surface area contributed by atoms with Gasteiger partial charge in [-0.1, -0.05) is 224 Å². The Morgan fingerprint density at radius 2 is 0.600 bits per heavy atom. The fourth-order valence-electron chi connectivity index (χ4n) is 7.25. The summed E-state index contributed by atoms with van der Waals surface area (Å²) >= 11 is 0. The summed E-state index contributed by atoms with van der Waals surface area (Å²) in [5.41, 5.74) is 0. The molecule has 1 unspecified atom stereocenters. The maximum absolute atomic E-state index is 12.9. The number of hydrogen-bond donors (Lipinski definition) is 0. The molecule has 0 aromatic heterocycles. The first kappa shape index (κ1) is 65.8. The highest BCUT2D eigenvalue weighted by Gasteiger charge is 2.17. The van der Waals surface area contributed by atoms with Gasteiger partial charge in [0.15, 0.2) is 6.10 Å². The van der Waals surface area contributed by atoms with Crippen LogP contribution in [0.1, 0.15) is 226 Å². The molecule has 70 heavy (non-hydrogen) atoms. The van der Waals surface area contributed by atoms with Crippen molar-refractivity contribution in [3.63, 3.8) is 0 Å². The SMILES string of the molecule is CC/C=C\C/C=C\C/C=C\C/C=C\C/C=C\CCCCCCOCC(COC(=O)CCCCCC/C=C\C/C=C\C/C=C\C/C=C\CC)OC(=O)CCCCCCCCC/C=C\C/C=C\C/C=C\CC. The first-order valence-electron chi connectivity index (χ1n) is 28.4. The van der Waals surface area contributed by atoms with Crippen LogP contribution < -0.4 is 0 Å². The van der Waals surface area contributed by atoms with Gasteiger partial charge < -0.3 is 14.2 Å². The fourth-order valence-corrected chi connectivity index (χ4v) is 7.25. The summed E-state index contributed by atoms with van der Waals surface area (Å²) in [6.45, 7) is 7.38. The predicted octanol–water partition coefficient (Wildman–Crippen LogP) is 19.7. The predicted molar refractivity (Wildman–Crippen MR) is 306 cm³/mol. The third-order valence-electron chi connectivity index (χ3n) is 11.4. The average molecular weight is 966 g/mol. The van der Waals surface area contributed by atoms with Crippen molar-refractivity contribution in [1.29, 1.82) is 0 Å². The van der Waals surface area contributed by atoms with Gasteiger partial charge in [-0.3, -0.25) is 9.59 Å². The average Bonchev–Trinajstić information content (AvgIpc) is 3.36. The molecule has 0 heterocycles. The largest absolute Gasteiger partial charge is 0.462 e. The van der Waals surface area contributed by atoms with Gasteiger partial charge in [0, 0.05) is 19.4 Å². The zero-order chi connectivity index (χ0) is 50.6. The van der Waals surface area contributed by atoms with Crippen molar-refractivity contribution >= 4 is 11.9 Å². The Kier molecular flexibility index (Phi) is 55.5. The van der Waals surface area contributed by atoms with E-state index in [4.69, 9.17) is 14.2 Å². The molecule has 0 spiro atoms. The first-order valence-corrected chi connectivity index (χ1v) is 28.4. The highest BCUT2D eigenvalue weighted by molar-refractivity contribution is 5.70. The van der Waals surface area contributed by atoms with Crippen LogP contribution in [0.2, 0.25) is 0 Å². The van der Waals surface area contributed by atoms with E-state index in [1.165, 1.54) is 32.1 Å². The van der Waals surface area contributed by atoms with Gasteiger partial charge in [-0.25, -0.2) is 0 Å². The van der Waals surface area contributed by atoms with E-state index in [0.717, 1.165) is 161 Å². The highest BCUT2D eigenvalue weighted by Crippen LogP contribution is 2.13. The minimum absolute atomic E-state index is 0.0478. The zero-order valence-electron chi connectivity index (χ0n) is 45.2. The van der Waals surface area contributed by atoms with Gasteiger partial charge in [0.2, 0.25) is 0 Å². The highest BCUT2D eigenvalue weighted by atomic mass is 16.6. The lowest BCUT2D eigenvalue weighted by atomic mass is 10.1. The zero-order valence-corrected chi connectivity index (χ0v) is 45.2. The van der Waals surface area contributed by atoms with Gasteiger partial charge in [-0.2, -0.15) is 0 Å². The van der Waals surface area contributed by atoms with Crippen LogP contribution in [0.3, 0.4) is 0 Å². The quantitative estimate of drug-likeness (QED) is 0.0345. The Bertz CT molecular complexity index is 1510. The summed E-state index contributed by atoms with van der Waals surface area (Å²) in [4.78, 5) is 25.5. The maximum atomic E-state index is 12.9. The second-order valence-corrected chi connectivity index (χ2v) is 18.0. The number of rotatable bonds is 50. The summed E-state index contributed by atoms with van der Waals surface area (Å²) in [5.74, 6) is -0.460. The fraction of sp³-hybridized carbons (Fsp3) is 0.600. The third-order valence-corrected chi connectivity index (χ3v) is 11.4. The Morgan fingerprint density at radius 1 is 0.314 bits per heavy atom. The smallest absolute Gasteiger partial charge is 0.306 e. The van der Waals surface area contributed by atoms with E-state index < -0.39 is 6.10 Å². The number of hydrogen-bond acceptors (Lipinski definition) is 5. The molecule has 0 aliphatic rings. The van der Waals surface area contributed by atoms with Crippen LogP contribution >= 0.6 is 0 Å². The van der Waals surface area contributed by atoms with Gasteiger partial charge in [0.1, 0.15) is 6.61 Å². The maximum Gasteiger partial charge on any atom is 0.306 e. The van der Waals surface area contributed by atoms with Crippen molar-refractivity contribution < 1.29 is 23.8 Å². The molecule has 1 atom stereocenters. The minimum Gasteiger partial charge on any atom is -0.462 e. The van der Waals surface area contributed by atoms with Crippen molar-refractivity contribution in [2.75, 3.05) is 19.8 Å².